The molecule has 23 heavy (non-hydrogen) atoms. The predicted octanol–water partition coefficient (Wildman–Crippen LogP) is 2.22. The minimum atomic E-state index is -1.05. The van der Waals surface area contributed by atoms with Crippen LogP contribution >= 0.6 is 11.8 Å². The van der Waals surface area contributed by atoms with Gasteiger partial charge in [-0.2, -0.15) is 4.98 Å². The van der Waals surface area contributed by atoms with E-state index >= 15 is 0 Å². The molecule has 1 aromatic heterocycles. The van der Waals surface area contributed by atoms with Gasteiger partial charge in [0.05, 0.1) is 11.3 Å². The van der Waals surface area contributed by atoms with Crippen molar-refractivity contribution in [1.29, 1.82) is 0 Å². The molecule has 1 heterocycles. The van der Waals surface area contributed by atoms with Crippen LogP contribution in [0.4, 0.5) is 0 Å². The van der Waals surface area contributed by atoms with Crippen molar-refractivity contribution in [3.8, 4) is 0 Å². The summed E-state index contributed by atoms with van der Waals surface area (Å²) in [6, 6.07) is 6.14. The SMILES string of the molecule is Cc1noc(CSc2ccccc2C(=O)N(C)C(C)C(=O)O)n1. The number of nitrogens with zero attached hydrogens (tertiary/aromatic N) is 3. The van der Waals surface area contributed by atoms with E-state index in [0.717, 1.165) is 4.90 Å². The fourth-order valence-electron chi connectivity index (χ4n) is 1.84. The summed E-state index contributed by atoms with van der Waals surface area (Å²) < 4.78 is 5.05. The van der Waals surface area contributed by atoms with Crippen LogP contribution in [0.3, 0.4) is 0 Å². The molecule has 0 aliphatic rings. The number of aryl methyl sites for hydroxylation is 1. The normalized spacial score (nSPS) is 12.0. The van der Waals surface area contributed by atoms with Gasteiger partial charge in [-0.05, 0) is 26.0 Å². The predicted molar refractivity (Wildman–Crippen MR) is 84.2 cm³/mol. The van der Waals surface area contributed by atoms with Crippen LogP contribution in [-0.4, -0.2) is 45.1 Å². The second kappa shape index (κ2) is 7.28. The Morgan fingerprint density at radius 2 is 2.09 bits per heavy atom. The Labute approximate surface area is 137 Å². The van der Waals surface area contributed by atoms with E-state index in [1.54, 1.807) is 25.1 Å². The van der Waals surface area contributed by atoms with Gasteiger partial charge in [0.1, 0.15) is 6.04 Å². The second-order valence-corrected chi connectivity index (χ2v) is 5.97. The zero-order chi connectivity index (χ0) is 17.0. The van der Waals surface area contributed by atoms with Crippen molar-refractivity contribution in [2.24, 2.45) is 0 Å². The lowest BCUT2D eigenvalue weighted by Gasteiger charge is -2.22. The standard InChI is InChI=1S/C15H17N3O4S/c1-9(15(20)21)18(3)14(19)11-6-4-5-7-12(11)23-8-13-16-10(2)17-22-13/h4-7,9H,8H2,1-3H3,(H,20,21). The first-order valence-corrected chi connectivity index (χ1v) is 7.89. The van der Waals surface area contributed by atoms with Crippen LogP contribution < -0.4 is 0 Å². The molecule has 2 aromatic rings. The molecule has 0 radical (unpaired) electrons. The summed E-state index contributed by atoms with van der Waals surface area (Å²) >= 11 is 1.39. The molecule has 0 saturated heterocycles. The van der Waals surface area contributed by atoms with Gasteiger partial charge in [-0.3, -0.25) is 4.79 Å². The van der Waals surface area contributed by atoms with Crippen LogP contribution in [0.25, 0.3) is 0 Å². The highest BCUT2D eigenvalue weighted by Gasteiger charge is 2.24. The van der Waals surface area contributed by atoms with Gasteiger partial charge in [0.2, 0.25) is 5.89 Å². The third kappa shape index (κ3) is 4.10. The summed E-state index contributed by atoms with van der Waals surface area (Å²) in [7, 11) is 1.48. The minimum absolute atomic E-state index is 0.343. The summed E-state index contributed by atoms with van der Waals surface area (Å²) in [6.45, 7) is 3.20. The first-order chi connectivity index (χ1) is 10.9. The molecular formula is C15H17N3O4S. The Morgan fingerprint density at radius 3 is 2.70 bits per heavy atom. The number of carbonyl (C=O) groups is 2. The Morgan fingerprint density at radius 1 is 1.39 bits per heavy atom. The zero-order valence-electron chi connectivity index (χ0n) is 13.0. The third-order valence-corrected chi connectivity index (χ3v) is 4.36. The van der Waals surface area contributed by atoms with Crippen molar-refractivity contribution in [3.05, 3.63) is 41.5 Å². The van der Waals surface area contributed by atoms with E-state index in [9.17, 15) is 9.59 Å². The Kier molecular flexibility index (Phi) is 5.38. The highest BCUT2D eigenvalue weighted by molar-refractivity contribution is 7.98. The van der Waals surface area contributed by atoms with Gasteiger partial charge >= 0.3 is 5.97 Å². The number of amides is 1. The number of rotatable bonds is 6. The first-order valence-electron chi connectivity index (χ1n) is 6.91. The average molecular weight is 335 g/mol. The number of carboxylic acids is 1. The summed E-state index contributed by atoms with van der Waals surface area (Å²) in [5, 5.41) is 12.8. The van der Waals surface area contributed by atoms with Gasteiger partial charge in [-0.15, -0.1) is 11.8 Å². The van der Waals surface area contributed by atoms with Crippen LogP contribution in [0.2, 0.25) is 0 Å². The Bertz CT molecular complexity index is 716. The number of hydrogen-bond acceptors (Lipinski definition) is 6. The Hall–Kier alpha value is -2.35. The lowest BCUT2D eigenvalue weighted by molar-refractivity contribution is -0.141. The van der Waals surface area contributed by atoms with Gasteiger partial charge in [-0.25, -0.2) is 4.79 Å². The number of aliphatic carboxylic acids is 1. The summed E-state index contributed by atoms with van der Waals surface area (Å²) in [4.78, 5) is 29.6. The zero-order valence-corrected chi connectivity index (χ0v) is 13.8. The lowest BCUT2D eigenvalue weighted by atomic mass is 10.2. The van der Waals surface area contributed by atoms with Crippen molar-refractivity contribution in [2.75, 3.05) is 7.05 Å². The van der Waals surface area contributed by atoms with Gasteiger partial charge in [0, 0.05) is 11.9 Å². The molecule has 2 rings (SSSR count). The van der Waals surface area contributed by atoms with E-state index in [2.05, 4.69) is 10.1 Å². The molecule has 0 saturated carbocycles. The maximum Gasteiger partial charge on any atom is 0.326 e. The molecule has 0 aliphatic heterocycles. The maximum absolute atomic E-state index is 12.5. The maximum atomic E-state index is 12.5. The van der Waals surface area contributed by atoms with Crippen molar-refractivity contribution in [1.82, 2.24) is 15.0 Å². The van der Waals surface area contributed by atoms with E-state index in [1.807, 2.05) is 6.07 Å². The second-order valence-electron chi connectivity index (χ2n) is 4.95. The largest absolute Gasteiger partial charge is 0.480 e. The first kappa shape index (κ1) is 17.0. The quantitative estimate of drug-likeness (QED) is 0.808. The molecular weight excluding hydrogens is 318 g/mol. The molecule has 1 aromatic carbocycles. The van der Waals surface area contributed by atoms with Crippen LogP contribution in [0.5, 0.6) is 0 Å². The highest BCUT2D eigenvalue weighted by atomic mass is 32.2. The molecule has 1 unspecified atom stereocenters. The molecule has 122 valence electrons. The number of aromatic nitrogens is 2. The number of likely N-dealkylation sites (N-methyl/N-ethyl adjacent to an activating group) is 1. The molecule has 0 bridgehead atoms. The van der Waals surface area contributed by atoms with Crippen molar-refractivity contribution in [3.63, 3.8) is 0 Å². The van der Waals surface area contributed by atoms with E-state index in [-0.39, 0.29) is 5.91 Å². The van der Waals surface area contributed by atoms with Crippen molar-refractivity contribution < 1.29 is 19.2 Å². The van der Waals surface area contributed by atoms with Crippen LogP contribution in [0.15, 0.2) is 33.7 Å². The van der Waals surface area contributed by atoms with E-state index in [0.29, 0.717) is 23.0 Å². The van der Waals surface area contributed by atoms with Crippen LogP contribution in [-0.2, 0) is 10.5 Å². The van der Waals surface area contributed by atoms with E-state index in [1.165, 1.54) is 30.6 Å². The van der Waals surface area contributed by atoms with E-state index < -0.39 is 12.0 Å². The molecule has 1 amide bonds. The number of benzene rings is 1. The highest BCUT2D eigenvalue weighted by Crippen LogP contribution is 2.27. The van der Waals surface area contributed by atoms with Gasteiger partial charge in [-0.1, -0.05) is 17.3 Å². The topological polar surface area (TPSA) is 96.5 Å². The fraction of sp³-hybridized carbons (Fsp3) is 0.333. The lowest BCUT2D eigenvalue weighted by Crippen LogP contribution is -2.40. The molecule has 0 fully saturated rings. The monoisotopic (exact) mass is 335 g/mol. The van der Waals surface area contributed by atoms with E-state index in [4.69, 9.17) is 9.63 Å². The summed E-state index contributed by atoms with van der Waals surface area (Å²) in [5.41, 5.74) is 0.448. The smallest absolute Gasteiger partial charge is 0.326 e. The molecule has 8 heteroatoms. The van der Waals surface area contributed by atoms with Crippen LogP contribution in [0, 0.1) is 6.92 Å². The number of hydrogen-bond donors (Lipinski definition) is 1. The fourth-order valence-corrected chi connectivity index (χ4v) is 2.72. The third-order valence-electron chi connectivity index (χ3n) is 3.30. The molecule has 7 nitrogen and oxygen atoms in total. The molecule has 1 N–H and O–H groups in total. The Balaban J connectivity index is 2.16. The molecule has 0 spiro atoms. The number of carbonyl (C=O) groups excluding carboxylic acids is 1. The summed E-state index contributed by atoms with van der Waals surface area (Å²) in [6.07, 6.45) is 0. The number of carboxylic acid groups (broad SMARTS) is 1. The summed E-state index contributed by atoms with van der Waals surface area (Å²) in [5.74, 6) is 0.0718. The number of thioether (sulfide) groups is 1. The van der Waals surface area contributed by atoms with Crippen molar-refractivity contribution >= 4 is 23.6 Å². The van der Waals surface area contributed by atoms with Crippen molar-refractivity contribution in [2.45, 2.75) is 30.5 Å². The average Bonchev–Trinajstić information content (AvgIpc) is 2.96. The molecule has 0 aliphatic carbocycles. The van der Waals surface area contributed by atoms with Crippen LogP contribution in [0.1, 0.15) is 29.0 Å². The van der Waals surface area contributed by atoms with Gasteiger partial charge in [0.25, 0.3) is 5.91 Å². The minimum Gasteiger partial charge on any atom is -0.480 e. The van der Waals surface area contributed by atoms with Gasteiger partial charge in [0.15, 0.2) is 5.82 Å². The molecule has 1 atom stereocenters. The van der Waals surface area contributed by atoms with Gasteiger partial charge < -0.3 is 14.5 Å².